The molecule has 37 heavy (non-hydrogen) atoms. The summed E-state index contributed by atoms with van der Waals surface area (Å²) in [4.78, 5) is 51.4. The fraction of sp³-hybridized carbons (Fsp3) is 0.280. The third-order valence-electron chi connectivity index (χ3n) is 6.47. The summed E-state index contributed by atoms with van der Waals surface area (Å²) in [5.74, 6) is -2.14. The number of ketones is 1. The number of carbonyl (C=O) groups excluding carboxylic acids is 3. The minimum atomic E-state index is -0.837. The Morgan fingerprint density at radius 3 is 2.41 bits per heavy atom. The molecule has 0 aliphatic carbocycles. The first-order chi connectivity index (χ1) is 17.9. The second kappa shape index (κ2) is 9.90. The van der Waals surface area contributed by atoms with Crippen molar-refractivity contribution in [2.24, 2.45) is 0 Å². The van der Waals surface area contributed by atoms with Crippen LogP contribution in [0.3, 0.4) is 0 Å². The Labute approximate surface area is 211 Å². The molecule has 0 radical (unpaired) electrons. The van der Waals surface area contributed by atoms with Crippen LogP contribution < -0.4 is 0 Å². The van der Waals surface area contributed by atoms with E-state index in [2.05, 4.69) is 20.3 Å². The number of likely N-dealkylation sites (N-methyl/N-ethyl adjacent to an activating group) is 1. The van der Waals surface area contributed by atoms with Crippen molar-refractivity contribution in [2.75, 3.05) is 40.3 Å². The van der Waals surface area contributed by atoms with Crippen LogP contribution in [0.5, 0.6) is 0 Å². The number of amides is 2. The molecule has 0 bridgehead atoms. The number of nitrogens with zero attached hydrogens (tertiary/aromatic N) is 7. The van der Waals surface area contributed by atoms with Crippen LogP contribution in [0, 0.1) is 5.82 Å². The number of fused-ring (bicyclic) bond motifs is 1. The average Bonchev–Trinajstić information content (AvgIpc) is 3.60. The van der Waals surface area contributed by atoms with E-state index in [-0.39, 0.29) is 54.4 Å². The zero-order valence-corrected chi connectivity index (χ0v) is 20.3. The minimum absolute atomic E-state index is 0.0376. The zero-order valence-electron chi connectivity index (χ0n) is 20.3. The molecule has 0 spiro atoms. The first kappa shape index (κ1) is 24.3. The molecule has 12 heteroatoms. The molecule has 1 N–H and O–H groups in total. The van der Waals surface area contributed by atoms with Crippen molar-refractivity contribution in [3.63, 3.8) is 0 Å². The predicted molar refractivity (Wildman–Crippen MR) is 131 cm³/mol. The number of nitrogens with one attached hydrogen (secondary N) is 1. The van der Waals surface area contributed by atoms with Gasteiger partial charge in [-0.1, -0.05) is 35.5 Å². The van der Waals surface area contributed by atoms with E-state index in [4.69, 9.17) is 0 Å². The lowest BCUT2D eigenvalue weighted by atomic mass is 10.0. The lowest BCUT2D eigenvalue weighted by Crippen LogP contribution is -2.54. The molecule has 11 nitrogen and oxygen atoms in total. The van der Waals surface area contributed by atoms with Crippen molar-refractivity contribution in [1.82, 2.24) is 39.7 Å². The highest BCUT2D eigenvalue weighted by atomic mass is 19.1. The van der Waals surface area contributed by atoms with Crippen molar-refractivity contribution in [2.45, 2.75) is 6.04 Å². The third-order valence-corrected chi connectivity index (χ3v) is 6.47. The van der Waals surface area contributed by atoms with Gasteiger partial charge in [0.1, 0.15) is 6.04 Å². The average molecular weight is 505 g/mol. The highest BCUT2D eigenvalue weighted by Crippen LogP contribution is 2.26. The molecule has 1 aliphatic heterocycles. The summed E-state index contributed by atoms with van der Waals surface area (Å²) in [5.41, 5.74) is 1.02. The van der Waals surface area contributed by atoms with Crippen LogP contribution in [-0.4, -0.2) is 97.5 Å². The standard InChI is InChI=1S/C25H25FN8O3/c1-31(2)21(16-6-4-3-5-7-16)24(36)32-10-12-33(13-11-32)25(37)22(35)17-14-27-20-19(17)18(26)15-28-23(20)34-9-8-29-30-34/h3-9,14-15,21,27H,10-13H2,1-2H3. The van der Waals surface area contributed by atoms with Crippen LogP contribution in [0.1, 0.15) is 22.0 Å². The fourth-order valence-electron chi connectivity index (χ4n) is 4.63. The molecular weight excluding hydrogens is 479 g/mol. The largest absolute Gasteiger partial charge is 0.357 e. The summed E-state index contributed by atoms with van der Waals surface area (Å²) in [6.45, 7) is 0.971. The Balaban J connectivity index is 1.31. The lowest BCUT2D eigenvalue weighted by Gasteiger charge is -2.37. The number of H-pyrrole nitrogens is 1. The van der Waals surface area contributed by atoms with Crippen LogP contribution in [0.25, 0.3) is 16.7 Å². The number of aromatic nitrogens is 5. The number of carbonyl (C=O) groups is 3. The van der Waals surface area contributed by atoms with Crippen LogP contribution in [0.4, 0.5) is 4.39 Å². The highest BCUT2D eigenvalue weighted by Gasteiger charge is 2.34. The first-order valence-electron chi connectivity index (χ1n) is 11.7. The van der Waals surface area contributed by atoms with Crippen LogP contribution >= 0.6 is 0 Å². The molecule has 1 aromatic carbocycles. The predicted octanol–water partition coefficient (Wildman–Crippen LogP) is 1.44. The van der Waals surface area contributed by atoms with Gasteiger partial charge < -0.3 is 14.8 Å². The van der Waals surface area contributed by atoms with Gasteiger partial charge in [-0.2, -0.15) is 0 Å². The maximum atomic E-state index is 14.7. The summed E-state index contributed by atoms with van der Waals surface area (Å²) in [6, 6.07) is 9.04. The van der Waals surface area contributed by atoms with Gasteiger partial charge in [0.15, 0.2) is 11.6 Å². The molecule has 190 valence electrons. The molecule has 3 aromatic heterocycles. The van der Waals surface area contributed by atoms with Crippen LogP contribution in [0.15, 0.2) is 55.1 Å². The van der Waals surface area contributed by atoms with E-state index in [0.717, 1.165) is 11.8 Å². The van der Waals surface area contributed by atoms with Gasteiger partial charge in [-0.05, 0) is 19.7 Å². The molecule has 1 fully saturated rings. The number of halogens is 1. The molecule has 5 rings (SSSR count). The molecular formula is C25H25FN8O3. The zero-order chi connectivity index (χ0) is 26.1. The number of rotatable bonds is 6. The molecule has 1 aliphatic rings. The van der Waals surface area contributed by atoms with E-state index < -0.39 is 23.5 Å². The third kappa shape index (κ3) is 4.47. The maximum absolute atomic E-state index is 14.7. The molecule has 1 atom stereocenters. The van der Waals surface area contributed by atoms with E-state index in [1.165, 1.54) is 28.2 Å². The van der Waals surface area contributed by atoms with Gasteiger partial charge in [0.25, 0.3) is 11.7 Å². The number of hydrogen-bond acceptors (Lipinski definition) is 7. The number of pyridine rings is 1. The molecule has 4 aromatic rings. The van der Waals surface area contributed by atoms with Crippen LogP contribution in [0.2, 0.25) is 0 Å². The fourth-order valence-corrected chi connectivity index (χ4v) is 4.63. The SMILES string of the molecule is CN(C)C(C(=O)N1CCN(C(=O)C(=O)c2c[nH]c3c(-n4ccnn4)ncc(F)c23)CC1)c1ccccc1. The summed E-state index contributed by atoms with van der Waals surface area (Å²) < 4.78 is 16.1. The quantitative estimate of drug-likeness (QED) is 0.312. The van der Waals surface area contributed by atoms with Gasteiger partial charge in [0, 0.05) is 32.4 Å². The van der Waals surface area contributed by atoms with Crippen molar-refractivity contribution in [3.05, 3.63) is 72.1 Å². The smallest absolute Gasteiger partial charge is 0.295 e. The van der Waals surface area contributed by atoms with Gasteiger partial charge in [0.05, 0.1) is 35.1 Å². The van der Waals surface area contributed by atoms with E-state index in [9.17, 15) is 18.8 Å². The van der Waals surface area contributed by atoms with Crippen molar-refractivity contribution >= 4 is 28.5 Å². The van der Waals surface area contributed by atoms with Gasteiger partial charge >= 0.3 is 0 Å². The molecule has 4 heterocycles. The van der Waals surface area contributed by atoms with Crippen LogP contribution in [-0.2, 0) is 9.59 Å². The van der Waals surface area contributed by atoms with Gasteiger partial charge in [-0.15, -0.1) is 5.10 Å². The van der Waals surface area contributed by atoms with Crippen molar-refractivity contribution in [1.29, 1.82) is 0 Å². The molecule has 1 unspecified atom stereocenters. The number of hydrogen-bond donors (Lipinski definition) is 1. The number of piperazine rings is 1. The Morgan fingerprint density at radius 2 is 1.76 bits per heavy atom. The molecule has 0 saturated carbocycles. The maximum Gasteiger partial charge on any atom is 0.295 e. The number of aromatic amines is 1. The monoisotopic (exact) mass is 504 g/mol. The topological polar surface area (TPSA) is 120 Å². The van der Waals surface area contributed by atoms with E-state index in [1.807, 2.05) is 49.3 Å². The summed E-state index contributed by atoms with van der Waals surface area (Å²) in [5, 5.41) is 7.54. The highest BCUT2D eigenvalue weighted by molar-refractivity contribution is 6.45. The summed E-state index contributed by atoms with van der Waals surface area (Å²) in [6.07, 6.45) is 5.26. The normalized spacial score (nSPS) is 14.8. The van der Waals surface area contributed by atoms with Crippen molar-refractivity contribution < 1.29 is 18.8 Å². The molecule has 1 saturated heterocycles. The van der Waals surface area contributed by atoms with Gasteiger partial charge in [-0.25, -0.2) is 14.1 Å². The van der Waals surface area contributed by atoms with E-state index in [1.54, 1.807) is 4.90 Å². The Morgan fingerprint density at radius 1 is 1.05 bits per heavy atom. The Bertz CT molecular complexity index is 1440. The Hall–Kier alpha value is -4.45. The lowest BCUT2D eigenvalue weighted by molar-refractivity contribution is -0.141. The van der Waals surface area contributed by atoms with E-state index in [0.29, 0.717) is 0 Å². The van der Waals surface area contributed by atoms with Gasteiger partial charge in [-0.3, -0.25) is 19.3 Å². The second-order valence-electron chi connectivity index (χ2n) is 8.95. The van der Waals surface area contributed by atoms with Gasteiger partial charge in [0.2, 0.25) is 5.91 Å². The van der Waals surface area contributed by atoms with Crippen molar-refractivity contribution in [3.8, 4) is 5.82 Å². The van der Waals surface area contributed by atoms with E-state index >= 15 is 0 Å². The minimum Gasteiger partial charge on any atom is -0.357 e. The first-order valence-corrected chi connectivity index (χ1v) is 11.7. The Kier molecular flexibility index (Phi) is 6.49. The number of benzene rings is 1. The summed E-state index contributed by atoms with van der Waals surface area (Å²) in [7, 11) is 3.69. The molecule has 2 amide bonds. The second-order valence-corrected chi connectivity index (χ2v) is 8.95. The summed E-state index contributed by atoms with van der Waals surface area (Å²) >= 11 is 0. The number of Topliss-reactive ketones (excluding diaryl/α,β-unsaturated/α-hetero) is 1.